The number of nitrogens with zero attached hydrogens (tertiary/aromatic N) is 2. The fourth-order valence-electron chi connectivity index (χ4n) is 3.81. The molecule has 0 saturated carbocycles. The van der Waals surface area contributed by atoms with Gasteiger partial charge in [-0.25, -0.2) is 0 Å². The highest BCUT2D eigenvalue weighted by Gasteiger charge is 2.32. The van der Waals surface area contributed by atoms with Gasteiger partial charge in [-0.2, -0.15) is 0 Å². The molecule has 0 aromatic heterocycles. The molecule has 1 fully saturated rings. The quantitative estimate of drug-likeness (QED) is 0.296. The second kappa shape index (κ2) is 8.95. The van der Waals surface area contributed by atoms with Crippen molar-refractivity contribution in [2.24, 2.45) is 17.3 Å². The summed E-state index contributed by atoms with van der Waals surface area (Å²) in [5.41, 5.74) is 1.94. The van der Waals surface area contributed by atoms with E-state index in [1.165, 1.54) is 5.57 Å². The van der Waals surface area contributed by atoms with Gasteiger partial charge in [0.25, 0.3) is 0 Å². The molecule has 1 heterocycles. The Bertz CT molecular complexity index is 523. The first-order chi connectivity index (χ1) is 11.9. The lowest BCUT2D eigenvalue weighted by Gasteiger charge is -2.27. The van der Waals surface area contributed by atoms with Gasteiger partial charge < -0.3 is 10.2 Å². The van der Waals surface area contributed by atoms with Gasteiger partial charge in [0.1, 0.15) is 0 Å². The third kappa shape index (κ3) is 5.38. The SMILES string of the molecule is CCC(C)([CH]NCCN1CCC(C2C=C([N+](=O)[O-])CC=C2C)C1)CC. The summed E-state index contributed by atoms with van der Waals surface area (Å²) in [5.74, 6) is 0.745. The van der Waals surface area contributed by atoms with Crippen LogP contribution in [0.3, 0.4) is 0 Å². The molecule has 2 atom stereocenters. The summed E-state index contributed by atoms with van der Waals surface area (Å²) in [7, 11) is 0. The highest BCUT2D eigenvalue weighted by atomic mass is 16.6. The lowest BCUT2D eigenvalue weighted by Crippen LogP contribution is -2.33. The van der Waals surface area contributed by atoms with E-state index in [0.29, 0.717) is 18.0 Å². The van der Waals surface area contributed by atoms with Crippen molar-refractivity contribution >= 4 is 0 Å². The Kier molecular flexibility index (Phi) is 7.20. The molecule has 141 valence electrons. The molecule has 1 aliphatic carbocycles. The van der Waals surface area contributed by atoms with Crippen molar-refractivity contribution in [1.29, 1.82) is 0 Å². The van der Waals surface area contributed by atoms with Crippen LogP contribution < -0.4 is 5.32 Å². The fourth-order valence-corrected chi connectivity index (χ4v) is 3.81. The molecular weight excluding hydrogens is 314 g/mol. The average Bonchev–Trinajstić information content (AvgIpc) is 3.07. The second-order valence-electron chi connectivity index (χ2n) is 7.90. The Morgan fingerprint density at radius 3 is 2.80 bits per heavy atom. The monoisotopic (exact) mass is 348 g/mol. The van der Waals surface area contributed by atoms with Crippen molar-refractivity contribution in [2.75, 3.05) is 26.2 Å². The van der Waals surface area contributed by atoms with Crippen molar-refractivity contribution in [3.63, 3.8) is 0 Å². The van der Waals surface area contributed by atoms with Crippen LogP contribution in [-0.4, -0.2) is 36.0 Å². The molecule has 0 bridgehead atoms. The molecule has 0 spiro atoms. The van der Waals surface area contributed by atoms with Crippen LogP contribution >= 0.6 is 0 Å². The van der Waals surface area contributed by atoms with Crippen LogP contribution in [0.5, 0.6) is 0 Å². The van der Waals surface area contributed by atoms with Gasteiger partial charge in [0.05, 0.1) is 11.3 Å². The molecule has 2 rings (SSSR count). The van der Waals surface area contributed by atoms with Crippen molar-refractivity contribution in [2.45, 2.75) is 53.4 Å². The van der Waals surface area contributed by atoms with E-state index in [4.69, 9.17) is 0 Å². The summed E-state index contributed by atoms with van der Waals surface area (Å²) in [6.45, 7) is 15.3. The van der Waals surface area contributed by atoms with E-state index in [9.17, 15) is 10.1 Å². The Balaban J connectivity index is 1.78. The van der Waals surface area contributed by atoms with E-state index in [-0.39, 0.29) is 16.3 Å². The topological polar surface area (TPSA) is 58.4 Å². The van der Waals surface area contributed by atoms with Gasteiger partial charge >= 0.3 is 0 Å². The summed E-state index contributed by atoms with van der Waals surface area (Å²) in [6, 6.07) is 0. The molecule has 5 heteroatoms. The van der Waals surface area contributed by atoms with Crippen molar-refractivity contribution in [3.05, 3.63) is 40.1 Å². The van der Waals surface area contributed by atoms with Gasteiger partial charge in [-0.3, -0.25) is 10.1 Å². The van der Waals surface area contributed by atoms with Crippen LogP contribution in [0.15, 0.2) is 23.4 Å². The first-order valence-electron chi connectivity index (χ1n) is 9.70. The molecule has 1 radical (unpaired) electrons. The van der Waals surface area contributed by atoms with Gasteiger partial charge in [0.15, 0.2) is 0 Å². The van der Waals surface area contributed by atoms with E-state index in [1.54, 1.807) is 0 Å². The minimum atomic E-state index is -0.221. The average molecular weight is 349 g/mol. The van der Waals surface area contributed by atoms with Gasteiger partial charge in [-0.05, 0) is 50.1 Å². The first-order valence-corrected chi connectivity index (χ1v) is 9.70. The molecule has 1 aliphatic heterocycles. The molecule has 0 amide bonds. The highest BCUT2D eigenvalue weighted by molar-refractivity contribution is 5.22. The summed E-state index contributed by atoms with van der Waals surface area (Å²) in [4.78, 5) is 13.3. The maximum absolute atomic E-state index is 11.1. The molecule has 1 saturated heterocycles. The number of rotatable bonds is 9. The maximum atomic E-state index is 11.1. The van der Waals surface area contributed by atoms with Crippen LogP contribution in [0.2, 0.25) is 0 Å². The third-order valence-corrected chi connectivity index (χ3v) is 6.22. The van der Waals surface area contributed by atoms with E-state index < -0.39 is 0 Å². The minimum absolute atomic E-state index is 0.221. The highest BCUT2D eigenvalue weighted by Crippen LogP contribution is 2.34. The Labute approximate surface area is 152 Å². The summed E-state index contributed by atoms with van der Waals surface area (Å²) >= 11 is 0. The zero-order valence-electron chi connectivity index (χ0n) is 16.3. The zero-order chi connectivity index (χ0) is 18.4. The number of nitrogens with one attached hydrogen (secondary N) is 1. The van der Waals surface area contributed by atoms with Crippen LogP contribution in [-0.2, 0) is 0 Å². The van der Waals surface area contributed by atoms with Gasteiger partial charge in [-0.1, -0.05) is 32.4 Å². The predicted octanol–water partition coefficient (Wildman–Crippen LogP) is 4.01. The third-order valence-electron chi connectivity index (χ3n) is 6.22. The maximum Gasteiger partial charge on any atom is 0.246 e. The second-order valence-corrected chi connectivity index (χ2v) is 7.90. The Morgan fingerprint density at radius 2 is 2.16 bits per heavy atom. The van der Waals surface area contributed by atoms with Gasteiger partial charge in [0, 0.05) is 32.1 Å². The van der Waals surface area contributed by atoms with E-state index in [0.717, 1.165) is 45.4 Å². The van der Waals surface area contributed by atoms with Gasteiger partial charge in [-0.15, -0.1) is 0 Å². The fraction of sp³-hybridized carbons (Fsp3) is 0.750. The number of nitro groups is 1. The van der Waals surface area contributed by atoms with E-state index >= 15 is 0 Å². The molecule has 2 unspecified atom stereocenters. The lowest BCUT2D eigenvalue weighted by molar-refractivity contribution is -0.427. The molecule has 1 N–H and O–H groups in total. The largest absolute Gasteiger partial charge is 0.311 e. The lowest BCUT2D eigenvalue weighted by atomic mass is 9.82. The zero-order valence-corrected chi connectivity index (χ0v) is 16.3. The summed E-state index contributed by atoms with van der Waals surface area (Å²) < 4.78 is 0. The van der Waals surface area contributed by atoms with Crippen LogP contribution in [0.1, 0.15) is 53.4 Å². The van der Waals surface area contributed by atoms with Crippen LogP contribution in [0, 0.1) is 33.9 Å². The standard InChI is InChI=1S/C20H34N3O2/c1-5-20(4,6-2)15-21-10-12-22-11-9-17(14-22)19-13-18(23(24)25)8-7-16(19)3/h7,13,15,17,19,21H,5-6,8-12,14H2,1-4H3. The smallest absolute Gasteiger partial charge is 0.246 e. The number of hydrogen-bond acceptors (Lipinski definition) is 4. The summed E-state index contributed by atoms with van der Waals surface area (Å²) in [6.07, 6.45) is 7.85. The molecule has 2 aliphatic rings. The van der Waals surface area contributed by atoms with Gasteiger partial charge in [0.2, 0.25) is 5.70 Å². The Morgan fingerprint density at radius 1 is 1.44 bits per heavy atom. The predicted molar refractivity (Wildman–Crippen MR) is 102 cm³/mol. The van der Waals surface area contributed by atoms with Crippen LogP contribution in [0.4, 0.5) is 0 Å². The number of allylic oxidation sites excluding steroid dienone is 3. The molecule has 0 aromatic rings. The Hall–Kier alpha value is -1.20. The van der Waals surface area contributed by atoms with Crippen molar-refractivity contribution in [3.8, 4) is 0 Å². The van der Waals surface area contributed by atoms with Crippen molar-refractivity contribution < 1.29 is 4.92 Å². The molecule has 5 nitrogen and oxygen atoms in total. The molecule has 25 heavy (non-hydrogen) atoms. The van der Waals surface area contributed by atoms with E-state index in [2.05, 4.69) is 44.5 Å². The minimum Gasteiger partial charge on any atom is -0.311 e. The molecular formula is C20H34N3O2. The molecule has 0 aromatic carbocycles. The van der Waals surface area contributed by atoms with Crippen molar-refractivity contribution in [1.82, 2.24) is 10.2 Å². The van der Waals surface area contributed by atoms with E-state index in [1.807, 2.05) is 12.2 Å². The van der Waals surface area contributed by atoms with Crippen LogP contribution in [0.25, 0.3) is 0 Å². The first kappa shape index (κ1) is 20.1. The normalized spacial score (nSPS) is 25.0. The summed E-state index contributed by atoms with van der Waals surface area (Å²) in [5, 5.41) is 14.6. The number of likely N-dealkylation sites (tertiary alicyclic amines) is 1. The number of hydrogen-bond donors (Lipinski definition) is 1.